The Hall–Kier alpha value is -2.69. The number of rotatable bonds is 7. The molecular formula is C22H25FN2O2. The van der Waals surface area contributed by atoms with Crippen molar-refractivity contribution in [3.63, 3.8) is 0 Å². The first-order valence-electron chi connectivity index (χ1n) is 9.34. The summed E-state index contributed by atoms with van der Waals surface area (Å²) in [5, 5.41) is 2.60. The van der Waals surface area contributed by atoms with Gasteiger partial charge in [0.05, 0.1) is 0 Å². The van der Waals surface area contributed by atoms with Crippen molar-refractivity contribution in [1.29, 1.82) is 0 Å². The Bertz CT molecular complexity index is 798. The molecule has 2 aromatic rings. The second-order valence-corrected chi connectivity index (χ2v) is 7.19. The highest BCUT2D eigenvalue weighted by molar-refractivity contribution is 5.93. The Morgan fingerprint density at radius 3 is 2.30 bits per heavy atom. The van der Waals surface area contributed by atoms with Gasteiger partial charge in [-0.05, 0) is 54.2 Å². The molecule has 0 radical (unpaired) electrons. The number of carbonyl (C=O) groups is 2. The maximum absolute atomic E-state index is 13.1. The second kappa shape index (κ2) is 8.33. The van der Waals surface area contributed by atoms with Crippen LogP contribution in [0.15, 0.2) is 48.5 Å². The minimum absolute atomic E-state index is 0.0370. The van der Waals surface area contributed by atoms with Gasteiger partial charge in [-0.15, -0.1) is 0 Å². The highest BCUT2D eigenvalue weighted by atomic mass is 19.1. The number of benzene rings is 2. The van der Waals surface area contributed by atoms with Crippen LogP contribution in [0.4, 0.5) is 4.39 Å². The molecule has 1 aliphatic carbocycles. The number of nitrogens with zero attached hydrogens (tertiary/aromatic N) is 1. The lowest BCUT2D eigenvalue weighted by molar-refractivity contribution is -0.132. The Balaban J connectivity index is 1.65. The van der Waals surface area contributed by atoms with Crippen molar-refractivity contribution in [3.05, 3.63) is 71.0 Å². The fourth-order valence-corrected chi connectivity index (χ4v) is 3.20. The summed E-state index contributed by atoms with van der Waals surface area (Å²) in [7, 11) is 1.60. The van der Waals surface area contributed by atoms with Crippen LogP contribution in [-0.4, -0.2) is 29.8 Å². The first-order valence-corrected chi connectivity index (χ1v) is 9.34. The van der Waals surface area contributed by atoms with E-state index in [0.717, 1.165) is 24.0 Å². The van der Waals surface area contributed by atoms with Crippen LogP contribution in [-0.2, 0) is 11.3 Å². The molecular weight excluding hydrogens is 343 g/mol. The summed E-state index contributed by atoms with van der Waals surface area (Å²) in [4.78, 5) is 26.5. The zero-order valence-electron chi connectivity index (χ0n) is 15.7. The zero-order chi connectivity index (χ0) is 19.4. The number of amides is 2. The van der Waals surface area contributed by atoms with Gasteiger partial charge in [0.25, 0.3) is 5.91 Å². The highest BCUT2D eigenvalue weighted by Gasteiger charge is 2.33. The first-order chi connectivity index (χ1) is 13.0. The number of hydrogen-bond acceptors (Lipinski definition) is 2. The number of nitrogens with one attached hydrogen (secondary N) is 1. The molecule has 4 nitrogen and oxygen atoms in total. The van der Waals surface area contributed by atoms with E-state index in [1.54, 1.807) is 31.3 Å². The zero-order valence-corrected chi connectivity index (χ0v) is 15.7. The van der Waals surface area contributed by atoms with E-state index in [2.05, 4.69) is 5.32 Å². The van der Waals surface area contributed by atoms with Gasteiger partial charge in [-0.3, -0.25) is 9.59 Å². The third kappa shape index (κ3) is 4.94. The molecule has 3 rings (SSSR count). The van der Waals surface area contributed by atoms with E-state index in [-0.39, 0.29) is 23.5 Å². The van der Waals surface area contributed by atoms with Crippen molar-refractivity contribution in [1.82, 2.24) is 10.2 Å². The van der Waals surface area contributed by atoms with Crippen molar-refractivity contribution in [2.45, 2.75) is 44.7 Å². The second-order valence-electron chi connectivity index (χ2n) is 7.19. The molecule has 0 heterocycles. The minimum atomic E-state index is -0.267. The lowest BCUT2D eigenvalue weighted by Crippen LogP contribution is -2.33. The summed E-state index contributed by atoms with van der Waals surface area (Å²) in [6.45, 7) is 2.54. The molecule has 1 aliphatic rings. The van der Waals surface area contributed by atoms with E-state index in [1.807, 2.05) is 24.0 Å². The van der Waals surface area contributed by atoms with Gasteiger partial charge in [0.2, 0.25) is 5.91 Å². The summed E-state index contributed by atoms with van der Waals surface area (Å²) >= 11 is 0. The molecule has 1 N–H and O–H groups in total. The fourth-order valence-electron chi connectivity index (χ4n) is 3.20. The van der Waals surface area contributed by atoms with Crippen molar-refractivity contribution < 1.29 is 14.0 Å². The van der Waals surface area contributed by atoms with E-state index in [1.165, 1.54) is 12.1 Å². The van der Waals surface area contributed by atoms with Crippen LogP contribution in [0.2, 0.25) is 0 Å². The average molecular weight is 368 g/mol. The molecule has 1 atom stereocenters. The molecule has 5 heteroatoms. The summed E-state index contributed by atoms with van der Waals surface area (Å²) in [6, 6.07) is 14.0. The summed E-state index contributed by atoms with van der Waals surface area (Å²) in [5.74, 6) is -0.235. The van der Waals surface area contributed by atoms with Crippen LogP contribution in [0.25, 0.3) is 0 Å². The van der Waals surface area contributed by atoms with Crippen LogP contribution in [0, 0.1) is 5.82 Å². The topological polar surface area (TPSA) is 49.4 Å². The van der Waals surface area contributed by atoms with Crippen molar-refractivity contribution in [3.8, 4) is 0 Å². The van der Waals surface area contributed by atoms with E-state index < -0.39 is 0 Å². The molecule has 0 bridgehead atoms. The van der Waals surface area contributed by atoms with E-state index in [0.29, 0.717) is 24.6 Å². The van der Waals surface area contributed by atoms with Gasteiger partial charge in [0.15, 0.2) is 0 Å². The van der Waals surface area contributed by atoms with Crippen LogP contribution in [0.1, 0.15) is 53.6 Å². The Kier molecular flexibility index (Phi) is 5.89. The summed E-state index contributed by atoms with van der Waals surface area (Å²) in [5.41, 5.74) is 2.59. The van der Waals surface area contributed by atoms with Crippen molar-refractivity contribution >= 4 is 11.8 Å². The molecule has 0 aromatic heterocycles. The van der Waals surface area contributed by atoms with Crippen molar-refractivity contribution in [2.75, 3.05) is 7.05 Å². The van der Waals surface area contributed by atoms with E-state index in [4.69, 9.17) is 0 Å². The lowest BCUT2D eigenvalue weighted by Gasteiger charge is -2.24. The molecule has 1 fully saturated rings. The quantitative estimate of drug-likeness (QED) is 0.807. The Morgan fingerprint density at radius 2 is 1.74 bits per heavy atom. The van der Waals surface area contributed by atoms with Gasteiger partial charge < -0.3 is 10.2 Å². The third-order valence-electron chi connectivity index (χ3n) is 5.02. The monoisotopic (exact) mass is 368 g/mol. The van der Waals surface area contributed by atoms with Crippen LogP contribution in [0.3, 0.4) is 0 Å². The maximum atomic E-state index is 13.1. The Labute approximate surface area is 159 Å². The van der Waals surface area contributed by atoms with Gasteiger partial charge in [0, 0.05) is 31.6 Å². The van der Waals surface area contributed by atoms with E-state index in [9.17, 15) is 14.0 Å². The maximum Gasteiger partial charge on any atom is 0.251 e. The SMILES string of the molecule is CNC(=O)c1ccc(CN(C(=O)C[C@@H](C)c2ccc(F)cc2)C2CC2)cc1. The van der Waals surface area contributed by atoms with Crippen molar-refractivity contribution in [2.24, 2.45) is 0 Å². The minimum Gasteiger partial charge on any atom is -0.355 e. The Morgan fingerprint density at radius 1 is 1.11 bits per heavy atom. The molecule has 27 heavy (non-hydrogen) atoms. The highest BCUT2D eigenvalue weighted by Crippen LogP contribution is 2.31. The fraction of sp³-hybridized carbons (Fsp3) is 0.364. The first kappa shape index (κ1) is 19.1. The number of hydrogen-bond donors (Lipinski definition) is 1. The molecule has 2 amide bonds. The number of halogens is 1. The normalized spacial score (nSPS) is 14.5. The predicted octanol–water partition coefficient (Wildman–Crippen LogP) is 3.87. The van der Waals surface area contributed by atoms with Crippen LogP contribution >= 0.6 is 0 Å². The lowest BCUT2D eigenvalue weighted by atomic mass is 9.97. The predicted molar refractivity (Wildman–Crippen MR) is 103 cm³/mol. The standard InChI is InChI=1S/C22H25FN2O2/c1-15(17-7-9-19(23)10-8-17)13-21(26)25(20-11-12-20)14-16-3-5-18(6-4-16)22(27)24-2/h3-10,15,20H,11-14H2,1-2H3,(H,24,27)/t15-/m1/s1. The molecule has 0 spiro atoms. The molecule has 0 aliphatic heterocycles. The largest absolute Gasteiger partial charge is 0.355 e. The molecule has 142 valence electrons. The van der Waals surface area contributed by atoms with Gasteiger partial charge >= 0.3 is 0 Å². The summed E-state index contributed by atoms with van der Waals surface area (Å²) < 4.78 is 13.1. The van der Waals surface area contributed by atoms with E-state index >= 15 is 0 Å². The van der Waals surface area contributed by atoms with Crippen LogP contribution in [0.5, 0.6) is 0 Å². The smallest absolute Gasteiger partial charge is 0.251 e. The molecule has 1 saturated carbocycles. The summed E-state index contributed by atoms with van der Waals surface area (Å²) in [6.07, 6.45) is 2.47. The van der Waals surface area contributed by atoms with Crippen LogP contribution < -0.4 is 5.32 Å². The molecule has 0 saturated heterocycles. The molecule has 0 unspecified atom stereocenters. The third-order valence-corrected chi connectivity index (χ3v) is 5.02. The van der Waals surface area contributed by atoms with Gasteiger partial charge in [-0.1, -0.05) is 31.2 Å². The van der Waals surface area contributed by atoms with Gasteiger partial charge in [-0.25, -0.2) is 4.39 Å². The van der Waals surface area contributed by atoms with Gasteiger partial charge in [0.1, 0.15) is 5.82 Å². The average Bonchev–Trinajstić information content (AvgIpc) is 3.51. The van der Waals surface area contributed by atoms with Gasteiger partial charge in [-0.2, -0.15) is 0 Å². The molecule has 2 aromatic carbocycles. The number of carbonyl (C=O) groups excluding carboxylic acids is 2.